The fourth-order valence-corrected chi connectivity index (χ4v) is 4.70. The Morgan fingerprint density at radius 2 is 1.90 bits per heavy atom. The molecule has 1 unspecified atom stereocenters. The molecule has 0 spiro atoms. The molecule has 1 saturated carbocycles. The van der Waals surface area contributed by atoms with Crippen molar-refractivity contribution < 1.29 is 8.78 Å². The molecular formula is C26H17Cl2F2N9. The summed E-state index contributed by atoms with van der Waals surface area (Å²) in [5.74, 6) is -2.36. The van der Waals surface area contributed by atoms with Gasteiger partial charge in [-0.25, -0.2) is 14.1 Å². The highest BCUT2D eigenvalue weighted by molar-refractivity contribution is 6.36. The van der Waals surface area contributed by atoms with E-state index in [9.17, 15) is 14.0 Å². The summed E-state index contributed by atoms with van der Waals surface area (Å²) >= 11 is 13.2. The van der Waals surface area contributed by atoms with Crippen molar-refractivity contribution in [2.45, 2.75) is 24.9 Å². The molecule has 0 aliphatic heterocycles. The Labute approximate surface area is 230 Å². The molecule has 2 N–H and O–H groups in total. The number of pyridine rings is 3. The van der Waals surface area contributed by atoms with Gasteiger partial charge >= 0.3 is 0 Å². The third-order valence-corrected chi connectivity index (χ3v) is 6.91. The van der Waals surface area contributed by atoms with Gasteiger partial charge in [0.1, 0.15) is 17.8 Å². The molecule has 4 heterocycles. The maximum absolute atomic E-state index is 13.8. The van der Waals surface area contributed by atoms with Crippen LogP contribution in [-0.4, -0.2) is 29.9 Å². The molecule has 1 aliphatic rings. The number of halogens is 4. The van der Waals surface area contributed by atoms with Gasteiger partial charge in [-0.05, 0) is 31.0 Å². The van der Waals surface area contributed by atoms with Gasteiger partial charge in [0.05, 0.1) is 45.9 Å². The van der Waals surface area contributed by atoms with E-state index in [1.54, 1.807) is 30.6 Å². The predicted octanol–water partition coefficient (Wildman–Crippen LogP) is 6.35. The SMILES string of the molecule is N#Cc1cnc2c(Cl)cc(NC(c3cn(C4CC4)nn3)c3cnccc3Cl)cc2c1Nc1cnc(F)c(F)c1. The van der Waals surface area contributed by atoms with E-state index < -0.39 is 17.8 Å². The zero-order chi connectivity index (χ0) is 27.1. The Hall–Kier alpha value is -4.40. The summed E-state index contributed by atoms with van der Waals surface area (Å²) in [4.78, 5) is 12.0. The molecule has 0 amide bonds. The number of benzene rings is 1. The summed E-state index contributed by atoms with van der Waals surface area (Å²) in [5, 5.41) is 26.0. The summed E-state index contributed by atoms with van der Waals surface area (Å²) in [6, 6.07) is 7.93. The third-order valence-electron chi connectivity index (χ3n) is 6.27. The number of rotatable bonds is 7. The van der Waals surface area contributed by atoms with E-state index in [1.165, 1.54) is 6.20 Å². The monoisotopic (exact) mass is 563 g/mol. The van der Waals surface area contributed by atoms with E-state index in [0.717, 1.165) is 25.1 Å². The second-order valence-electron chi connectivity index (χ2n) is 8.96. The van der Waals surface area contributed by atoms with E-state index in [-0.39, 0.29) is 11.3 Å². The smallest absolute Gasteiger partial charge is 0.249 e. The summed E-state index contributed by atoms with van der Waals surface area (Å²) in [6.45, 7) is 0. The Balaban J connectivity index is 1.45. The van der Waals surface area contributed by atoms with Crippen molar-refractivity contribution in [1.82, 2.24) is 29.9 Å². The molecule has 1 fully saturated rings. The molecule has 1 aromatic carbocycles. The van der Waals surface area contributed by atoms with Crippen LogP contribution in [-0.2, 0) is 0 Å². The van der Waals surface area contributed by atoms with Gasteiger partial charge in [0.25, 0.3) is 0 Å². The molecule has 39 heavy (non-hydrogen) atoms. The maximum atomic E-state index is 13.8. The molecule has 6 rings (SSSR count). The number of aromatic nitrogens is 6. The first-order valence-corrected chi connectivity index (χ1v) is 12.5. The second kappa shape index (κ2) is 10.1. The number of hydrogen-bond acceptors (Lipinski definition) is 8. The van der Waals surface area contributed by atoms with Crippen LogP contribution in [0.25, 0.3) is 10.9 Å². The van der Waals surface area contributed by atoms with Gasteiger partial charge in [0.2, 0.25) is 5.95 Å². The zero-order valence-electron chi connectivity index (χ0n) is 19.9. The maximum Gasteiger partial charge on any atom is 0.249 e. The molecule has 9 nitrogen and oxygen atoms in total. The molecule has 1 atom stereocenters. The molecule has 4 aromatic heterocycles. The lowest BCUT2D eigenvalue weighted by molar-refractivity contribution is 0.480. The van der Waals surface area contributed by atoms with Crippen LogP contribution in [0.15, 0.2) is 55.2 Å². The zero-order valence-corrected chi connectivity index (χ0v) is 21.4. The van der Waals surface area contributed by atoms with Crippen LogP contribution in [0.1, 0.15) is 41.7 Å². The Morgan fingerprint density at radius 3 is 2.64 bits per heavy atom. The van der Waals surface area contributed by atoms with Crippen molar-refractivity contribution in [3.05, 3.63) is 93.9 Å². The van der Waals surface area contributed by atoms with Crippen LogP contribution in [0, 0.1) is 23.1 Å². The van der Waals surface area contributed by atoms with Crippen LogP contribution in [0.4, 0.5) is 25.8 Å². The first kappa shape index (κ1) is 24.9. The quantitative estimate of drug-likeness (QED) is 0.220. The van der Waals surface area contributed by atoms with Crippen LogP contribution in [0.3, 0.4) is 0 Å². The topological polar surface area (TPSA) is 117 Å². The summed E-state index contributed by atoms with van der Waals surface area (Å²) in [6.07, 6.45) is 9.69. The van der Waals surface area contributed by atoms with Gasteiger partial charge in [-0.2, -0.15) is 9.65 Å². The molecule has 1 aliphatic carbocycles. The van der Waals surface area contributed by atoms with Gasteiger partial charge < -0.3 is 10.6 Å². The fourth-order valence-electron chi connectivity index (χ4n) is 4.22. The van der Waals surface area contributed by atoms with Crippen LogP contribution < -0.4 is 10.6 Å². The number of fused-ring (bicyclic) bond motifs is 1. The predicted molar refractivity (Wildman–Crippen MR) is 142 cm³/mol. The average molecular weight is 564 g/mol. The lowest BCUT2D eigenvalue weighted by atomic mass is 10.0. The van der Waals surface area contributed by atoms with Crippen molar-refractivity contribution >= 4 is 51.2 Å². The summed E-state index contributed by atoms with van der Waals surface area (Å²) < 4.78 is 29.1. The number of anilines is 3. The van der Waals surface area contributed by atoms with E-state index >= 15 is 0 Å². The Kier molecular flexibility index (Phi) is 6.42. The van der Waals surface area contributed by atoms with E-state index in [1.807, 2.05) is 10.9 Å². The van der Waals surface area contributed by atoms with E-state index in [0.29, 0.717) is 49.6 Å². The molecular weight excluding hydrogens is 547 g/mol. The van der Waals surface area contributed by atoms with Crippen molar-refractivity contribution in [2.75, 3.05) is 10.6 Å². The minimum atomic E-state index is -1.23. The molecule has 13 heteroatoms. The van der Waals surface area contributed by atoms with Crippen molar-refractivity contribution in [1.29, 1.82) is 5.26 Å². The van der Waals surface area contributed by atoms with Gasteiger partial charge in [0.15, 0.2) is 5.82 Å². The summed E-state index contributed by atoms with van der Waals surface area (Å²) in [7, 11) is 0. The fraction of sp³-hybridized carbons (Fsp3) is 0.154. The lowest BCUT2D eigenvalue weighted by Gasteiger charge is -2.20. The van der Waals surface area contributed by atoms with E-state index in [2.05, 4.69) is 42.0 Å². The Bertz CT molecular complexity index is 1760. The van der Waals surface area contributed by atoms with Crippen molar-refractivity contribution in [2.24, 2.45) is 0 Å². The highest BCUT2D eigenvalue weighted by Gasteiger charge is 2.28. The third kappa shape index (κ3) is 4.92. The average Bonchev–Trinajstić information content (AvgIpc) is 3.67. The summed E-state index contributed by atoms with van der Waals surface area (Å²) in [5.41, 5.74) is 2.87. The minimum Gasteiger partial charge on any atom is -0.373 e. The standard InChI is InChI=1S/C26H17Cl2F2N9/c27-19-3-4-32-11-18(19)25(22-12-39(38-37-22)16-1-2-16)35-14-5-17-23(36-15-7-21(29)26(30)34-10-15)13(8-31)9-33-24(17)20(28)6-14/h3-7,9-12,16,25,35H,1-2H2,(H,33,36). The lowest BCUT2D eigenvalue weighted by Crippen LogP contribution is -2.14. The largest absolute Gasteiger partial charge is 0.373 e. The van der Waals surface area contributed by atoms with E-state index in [4.69, 9.17) is 23.2 Å². The number of nitrogens with one attached hydrogen (secondary N) is 2. The number of nitrogens with zero attached hydrogens (tertiary/aromatic N) is 7. The first-order chi connectivity index (χ1) is 18.9. The Morgan fingerprint density at radius 1 is 1.05 bits per heavy atom. The van der Waals surface area contributed by atoms with Gasteiger partial charge in [-0.1, -0.05) is 28.4 Å². The minimum absolute atomic E-state index is 0.143. The molecule has 0 bridgehead atoms. The van der Waals surface area contributed by atoms with Crippen LogP contribution >= 0.6 is 23.2 Å². The highest BCUT2D eigenvalue weighted by Crippen LogP contribution is 2.38. The van der Waals surface area contributed by atoms with Crippen molar-refractivity contribution in [3.8, 4) is 6.07 Å². The van der Waals surface area contributed by atoms with Crippen LogP contribution in [0.2, 0.25) is 10.0 Å². The molecule has 194 valence electrons. The number of hydrogen-bond donors (Lipinski definition) is 2. The van der Waals surface area contributed by atoms with Gasteiger partial charge in [-0.15, -0.1) is 5.10 Å². The normalized spacial score (nSPS) is 13.7. The van der Waals surface area contributed by atoms with Gasteiger partial charge in [-0.3, -0.25) is 9.97 Å². The first-order valence-electron chi connectivity index (χ1n) is 11.8. The van der Waals surface area contributed by atoms with Crippen LogP contribution in [0.5, 0.6) is 0 Å². The molecule has 5 aromatic rings. The highest BCUT2D eigenvalue weighted by atomic mass is 35.5. The number of nitriles is 1. The van der Waals surface area contributed by atoms with Gasteiger partial charge in [0, 0.05) is 46.3 Å². The molecule has 0 radical (unpaired) electrons. The second-order valence-corrected chi connectivity index (χ2v) is 9.78. The van der Waals surface area contributed by atoms with Crippen molar-refractivity contribution in [3.63, 3.8) is 0 Å². The molecule has 0 saturated heterocycles.